The lowest BCUT2D eigenvalue weighted by Crippen LogP contribution is -2.48. The Bertz CT molecular complexity index is 1240. The number of hydrogen-bond acceptors (Lipinski definition) is 3. The molecule has 1 saturated carbocycles. The lowest BCUT2D eigenvalue weighted by Gasteiger charge is -2.39. The zero-order chi connectivity index (χ0) is 21.5. The Morgan fingerprint density at radius 2 is 1.60 bits per heavy atom. The van der Waals surface area contributed by atoms with Gasteiger partial charge in [0, 0.05) is 11.1 Å². The highest BCUT2D eigenvalue weighted by molar-refractivity contribution is 6.42. The summed E-state index contributed by atoms with van der Waals surface area (Å²) >= 11 is 12.5. The second-order valence-corrected chi connectivity index (χ2v) is 10.2. The number of halogens is 2. The predicted octanol–water partition coefficient (Wildman–Crippen LogP) is 6.21. The van der Waals surface area contributed by atoms with Gasteiger partial charge in [0.05, 0.1) is 37.9 Å². The van der Waals surface area contributed by atoms with Crippen LogP contribution in [0.5, 0.6) is 0 Å². The van der Waals surface area contributed by atoms with Crippen molar-refractivity contribution in [3.63, 3.8) is 0 Å². The number of rotatable bonds is 2. The summed E-state index contributed by atoms with van der Waals surface area (Å²) in [6, 6.07) is 11.4. The third-order valence-electron chi connectivity index (χ3n) is 7.74. The maximum atomic E-state index is 13.9. The van der Waals surface area contributed by atoms with Gasteiger partial charge in [0.15, 0.2) is 0 Å². The van der Waals surface area contributed by atoms with Crippen LogP contribution in [0, 0.1) is 12.3 Å². The number of anilines is 1. The summed E-state index contributed by atoms with van der Waals surface area (Å²) in [7, 11) is 0. The number of fused-ring (bicyclic) bond motifs is 6. The number of benzene rings is 2. The molecule has 1 aromatic heterocycles. The van der Waals surface area contributed by atoms with Gasteiger partial charge in [-0.3, -0.25) is 4.79 Å². The highest BCUT2D eigenvalue weighted by Gasteiger charge is 2.73. The SMILES string of the molecule is Cc1cccc(NC(=O)C23CCC(C)(c4nc5cc(Cl)c(Cl)cc5nc42)C3(C)C)c1. The molecule has 1 amide bonds. The van der Waals surface area contributed by atoms with Crippen LogP contribution in [0.3, 0.4) is 0 Å². The van der Waals surface area contributed by atoms with Crippen LogP contribution in [0.1, 0.15) is 50.6 Å². The van der Waals surface area contributed by atoms with Crippen molar-refractivity contribution in [3.05, 3.63) is 63.4 Å². The van der Waals surface area contributed by atoms with Crippen molar-refractivity contribution in [2.24, 2.45) is 5.41 Å². The van der Waals surface area contributed by atoms with Gasteiger partial charge in [-0.1, -0.05) is 56.1 Å². The van der Waals surface area contributed by atoms with E-state index in [9.17, 15) is 4.79 Å². The van der Waals surface area contributed by atoms with Crippen LogP contribution in [0.4, 0.5) is 5.69 Å². The van der Waals surface area contributed by atoms with Gasteiger partial charge >= 0.3 is 0 Å². The highest BCUT2D eigenvalue weighted by Crippen LogP contribution is 2.70. The molecule has 1 fully saturated rings. The number of hydrogen-bond donors (Lipinski definition) is 1. The molecular weight excluding hydrogens is 417 g/mol. The summed E-state index contributed by atoms with van der Waals surface area (Å²) in [5.41, 5.74) is 3.61. The third kappa shape index (κ3) is 2.32. The van der Waals surface area contributed by atoms with Crippen molar-refractivity contribution in [2.75, 3.05) is 5.32 Å². The molecule has 6 heteroatoms. The van der Waals surface area contributed by atoms with Crippen molar-refractivity contribution in [1.82, 2.24) is 9.97 Å². The summed E-state index contributed by atoms with van der Waals surface area (Å²) in [6.07, 6.45) is 1.62. The second kappa shape index (κ2) is 6.18. The van der Waals surface area contributed by atoms with Crippen LogP contribution in [-0.2, 0) is 15.6 Å². The number of amides is 1. The standard InChI is InChI=1S/C24H23Cl2N3O/c1-13-6-5-7-14(10-13)27-21(30)24-9-8-23(4,22(24,2)3)19-20(24)29-18-12-16(26)15(25)11-17(18)28-19/h5-7,10-12H,8-9H2,1-4H3,(H,27,30). The first-order valence-electron chi connectivity index (χ1n) is 10.2. The number of nitrogens with zero attached hydrogens (tertiary/aromatic N) is 2. The monoisotopic (exact) mass is 439 g/mol. The van der Waals surface area contributed by atoms with Crippen LogP contribution in [0.15, 0.2) is 36.4 Å². The Labute approximate surface area is 186 Å². The van der Waals surface area contributed by atoms with Crippen molar-refractivity contribution in [1.29, 1.82) is 0 Å². The molecular formula is C24H23Cl2N3O. The minimum Gasteiger partial charge on any atom is -0.325 e. The second-order valence-electron chi connectivity index (χ2n) is 9.36. The quantitative estimate of drug-likeness (QED) is 0.515. The Hall–Kier alpha value is -2.17. The molecule has 0 radical (unpaired) electrons. The van der Waals surface area contributed by atoms with Crippen molar-refractivity contribution in [3.8, 4) is 0 Å². The van der Waals surface area contributed by atoms with Gasteiger partial charge in [-0.05, 0) is 55.0 Å². The number of aryl methyl sites for hydroxylation is 1. The maximum absolute atomic E-state index is 13.9. The van der Waals surface area contributed by atoms with Gasteiger partial charge < -0.3 is 5.32 Å². The van der Waals surface area contributed by atoms with E-state index in [1.165, 1.54) is 0 Å². The van der Waals surface area contributed by atoms with Crippen LogP contribution in [0.2, 0.25) is 10.0 Å². The fraction of sp³-hybridized carbons (Fsp3) is 0.375. The molecule has 2 unspecified atom stereocenters. The molecule has 4 nitrogen and oxygen atoms in total. The van der Waals surface area contributed by atoms with E-state index in [4.69, 9.17) is 33.2 Å². The van der Waals surface area contributed by atoms with Gasteiger partial charge in [-0.15, -0.1) is 0 Å². The van der Waals surface area contributed by atoms with E-state index in [0.29, 0.717) is 21.1 Å². The topological polar surface area (TPSA) is 54.9 Å². The molecule has 154 valence electrons. The fourth-order valence-corrected chi connectivity index (χ4v) is 5.88. The molecule has 0 saturated heterocycles. The number of carbonyl (C=O) groups is 1. The molecule has 0 spiro atoms. The van der Waals surface area contributed by atoms with Gasteiger partial charge in [-0.25, -0.2) is 9.97 Å². The van der Waals surface area contributed by atoms with E-state index >= 15 is 0 Å². The van der Waals surface area contributed by atoms with Crippen LogP contribution in [0.25, 0.3) is 11.0 Å². The zero-order valence-corrected chi connectivity index (χ0v) is 18.9. The average Bonchev–Trinajstić information content (AvgIpc) is 2.97. The first-order valence-corrected chi connectivity index (χ1v) is 10.9. The van der Waals surface area contributed by atoms with E-state index in [1.807, 2.05) is 31.2 Å². The number of nitrogens with one attached hydrogen (secondary N) is 1. The Morgan fingerprint density at radius 3 is 2.23 bits per heavy atom. The molecule has 2 bridgehead atoms. The highest BCUT2D eigenvalue weighted by atomic mass is 35.5. The minimum atomic E-state index is -0.756. The molecule has 30 heavy (non-hydrogen) atoms. The van der Waals surface area contributed by atoms with Crippen molar-refractivity contribution < 1.29 is 4.79 Å². The third-order valence-corrected chi connectivity index (χ3v) is 8.47. The van der Waals surface area contributed by atoms with E-state index < -0.39 is 5.41 Å². The fourth-order valence-electron chi connectivity index (χ4n) is 5.56. The Morgan fingerprint density at radius 1 is 0.967 bits per heavy atom. The summed E-state index contributed by atoms with van der Waals surface area (Å²) in [5.74, 6) is -0.0192. The van der Waals surface area contributed by atoms with Gasteiger partial charge in [0.2, 0.25) is 5.91 Å². The maximum Gasteiger partial charge on any atom is 0.237 e. The molecule has 0 aliphatic heterocycles. The summed E-state index contributed by atoms with van der Waals surface area (Å²) < 4.78 is 0. The van der Waals surface area contributed by atoms with Crippen molar-refractivity contribution in [2.45, 2.75) is 51.4 Å². The molecule has 2 aliphatic carbocycles. The van der Waals surface area contributed by atoms with Crippen LogP contribution >= 0.6 is 23.2 Å². The molecule has 3 aromatic rings. The van der Waals surface area contributed by atoms with E-state index in [1.54, 1.807) is 12.1 Å². The predicted molar refractivity (Wildman–Crippen MR) is 121 cm³/mol. The average molecular weight is 440 g/mol. The molecule has 5 rings (SSSR count). The number of aromatic nitrogens is 2. The van der Waals surface area contributed by atoms with Crippen LogP contribution < -0.4 is 5.32 Å². The van der Waals surface area contributed by atoms with E-state index in [-0.39, 0.29) is 16.7 Å². The van der Waals surface area contributed by atoms with Gasteiger partial charge in [0.1, 0.15) is 0 Å². The summed E-state index contributed by atoms with van der Waals surface area (Å²) in [5, 5.41) is 4.06. The Balaban J connectivity index is 1.72. The zero-order valence-electron chi connectivity index (χ0n) is 17.4. The van der Waals surface area contributed by atoms with E-state index in [2.05, 4.69) is 26.1 Å². The molecule has 2 atom stereocenters. The Kier molecular flexibility index (Phi) is 4.07. The minimum absolute atomic E-state index is 0.0192. The molecule has 2 aromatic carbocycles. The van der Waals surface area contributed by atoms with Crippen LogP contribution in [-0.4, -0.2) is 15.9 Å². The van der Waals surface area contributed by atoms with Gasteiger partial charge in [-0.2, -0.15) is 0 Å². The number of carbonyl (C=O) groups excluding carboxylic acids is 1. The summed E-state index contributed by atoms with van der Waals surface area (Å²) in [6.45, 7) is 8.56. The summed E-state index contributed by atoms with van der Waals surface area (Å²) in [4.78, 5) is 23.8. The molecule has 2 aliphatic rings. The lowest BCUT2D eigenvalue weighted by molar-refractivity contribution is -0.125. The molecule has 1 heterocycles. The lowest BCUT2D eigenvalue weighted by atomic mass is 9.63. The first kappa shape index (κ1) is 19.8. The van der Waals surface area contributed by atoms with E-state index in [0.717, 1.165) is 35.5 Å². The largest absolute Gasteiger partial charge is 0.325 e. The smallest absolute Gasteiger partial charge is 0.237 e. The van der Waals surface area contributed by atoms with Gasteiger partial charge in [0.25, 0.3) is 0 Å². The van der Waals surface area contributed by atoms with Crippen molar-refractivity contribution >= 4 is 45.8 Å². The first-order chi connectivity index (χ1) is 14.1. The molecule has 1 N–H and O–H groups in total. The normalized spacial score (nSPS) is 26.1.